The van der Waals surface area contributed by atoms with Gasteiger partial charge >= 0.3 is 5.97 Å². The second-order valence-corrected chi connectivity index (χ2v) is 6.22. The Balaban J connectivity index is 0. The highest BCUT2D eigenvalue weighted by molar-refractivity contribution is 5.78. The molecule has 8 unspecified atom stereocenters. The van der Waals surface area contributed by atoms with E-state index in [1.807, 2.05) is 5.32 Å². The summed E-state index contributed by atoms with van der Waals surface area (Å²) >= 11 is 0. The quantitative estimate of drug-likeness (QED) is 0.122. The predicted molar refractivity (Wildman–Crippen MR) is 98.1 cm³/mol. The molecule has 0 aliphatic heterocycles. The maximum atomic E-state index is 10.6. The molecule has 0 heterocycles. The minimum absolute atomic E-state index is 0.129. The molecule has 0 aromatic rings. The number of aliphatic carboxylic acids is 1. The number of amides is 2. The first-order chi connectivity index (χ1) is 14.2. The number of nitrogens with one attached hydrogen (secondary N) is 2. The standard InChI is InChI=1S/C8H13NO7.C8H15NO6/c1-3(11)9-4(2-10)5(12)6(13)7(14)8(15)16;1-4(12)9-5(2-10)7(14)8(15)6(13)3-11/h2,4-7,12-14H,1H3,(H,9,11)(H,15,16);2,5-8,11,13-15H,3H2,1H3,(H,9,12). The van der Waals surface area contributed by atoms with Crippen LogP contribution in [0, 0.1) is 0 Å². The molecular formula is C16H28N2O13. The highest BCUT2D eigenvalue weighted by Gasteiger charge is 2.35. The minimum atomic E-state index is -2.24. The lowest BCUT2D eigenvalue weighted by molar-refractivity contribution is -0.159. The molecule has 0 radical (unpaired) electrons. The van der Waals surface area contributed by atoms with E-state index in [1.165, 1.54) is 0 Å². The molecule has 0 aromatic heterocycles. The topological polar surface area (TPSA) is 271 Å². The molecule has 0 aliphatic rings. The smallest absolute Gasteiger partial charge is 0.335 e. The van der Waals surface area contributed by atoms with Crippen molar-refractivity contribution in [1.82, 2.24) is 10.6 Å². The Kier molecular flexibility index (Phi) is 15.1. The monoisotopic (exact) mass is 456 g/mol. The van der Waals surface area contributed by atoms with E-state index < -0.39 is 73.1 Å². The fourth-order valence-corrected chi connectivity index (χ4v) is 1.96. The summed E-state index contributed by atoms with van der Waals surface area (Å²) in [6.07, 6.45) is -10.8. The van der Waals surface area contributed by atoms with Gasteiger partial charge in [-0.3, -0.25) is 9.59 Å². The molecule has 8 atom stereocenters. The normalized spacial score (nSPS) is 18.4. The van der Waals surface area contributed by atoms with E-state index >= 15 is 0 Å². The molecule has 0 bridgehead atoms. The van der Waals surface area contributed by atoms with Crippen molar-refractivity contribution in [3.8, 4) is 0 Å². The average Bonchev–Trinajstić information content (AvgIpc) is 2.72. The Morgan fingerprint density at radius 3 is 1.35 bits per heavy atom. The summed E-state index contributed by atoms with van der Waals surface area (Å²) in [4.78, 5) is 52.4. The number of rotatable bonds is 12. The molecule has 0 spiro atoms. The molecule has 31 heavy (non-hydrogen) atoms. The first kappa shape index (κ1) is 30.7. The van der Waals surface area contributed by atoms with Crippen LogP contribution in [0.3, 0.4) is 0 Å². The number of carboxylic acids is 1. The van der Waals surface area contributed by atoms with Crippen molar-refractivity contribution in [3.05, 3.63) is 0 Å². The van der Waals surface area contributed by atoms with Crippen molar-refractivity contribution in [2.75, 3.05) is 6.61 Å². The van der Waals surface area contributed by atoms with Crippen LogP contribution in [0.25, 0.3) is 0 Å². The molecular weight excluding hydrogens is 428 g/mol. The van der Waals surface area contributed by atoms with Gasteiger partial charge in [-0.15, -0.1) is 0 Å². The van der Waals surface area contributed by atoms with E-state index in [0.717, 1.165) is 13.8 Å². The van der Waals surface area contributed by atoms with Crippen molar-refractivity contribution in [2.24, 2.45) is 0 Å². The van der Waals surface area contributed by atoms with Gasteiger partial charge in [0.25, 0.3) is 0 Å². The van der Waals surface area contributed by atoms with Gasteiger partial charge in [-0.2, -0.15) is 0 Å². The lowest BCUT2D eigenvalue weighted by Gasteiger charge is -2.25. The lowest BCUT2D eigenvalue weighted by Crippen LogP contribution is -2.53. The van der Waals surface area contributed by atoms with Crippen LogP contribution in [-0.2, 0) is 24.0 Å². The lowest BCUT2D eigenvalue weighted by atomic mass is 10.0. The largest absolute Gasteiger partial charge is 0.479 e. The molecule has 0 rings (SSSR count). The van der Waals surface area contributed by atoms with Gasteiger partial charge in [0.2, 0.25) is 11.8 Å². The van der Waals surface area contributed by atoms with Crippen molar-refractivity contribution in [3.63, 3.8) is 0 Å². The fraction of sp³-hybridized carbons (Fsp3) is 0.688. The molecule has 15 nitrogen and oxygen atoms in total. The maximum absolute atomic E-state index is 10.6. The zero-order chi connectivity index (χ0) is 24.9. The number of hydrogen-bond donors (Lipinski definition) is 10. The van der Waals surface area contributed by atoms with E-state index in [9.17, 15) is 44.4 Å². The minimum Gasteiger partial charge on any atom is -0.479 e. The molecule has 0 saturated carbocycles. The molecule has 0 saturated heterocycles. The number of carbonyl (C=O) groups excluding carboxylic acids is 4. The Labute approximate surface area is 175 Å². The average molecular weight is 456 g/mol. The van der Waals surface area contributed by atoms with Crippen molar-refractivity contribution in [2.45, 2.75) is 62.6 Å². The number of aliphatic hydroxyl groups excluding tert-OH is 7. The van der Waals surface area contributed by atoms with Crippen LogP contribution in [0.4, 0.5) is 0 Å². The predicted octanol–water partition coefficient (Wildman–Crippen LogP) is -6.38. The Morgan fingerprint density at radius 1 is 0.742 bits per heavy atom. The summed E-state index contributed by atoms with van der Waals surface area (Å²) in [5.74, 6) is -2.95. The Morgan fingerprint density at radius 2 is 1.10 bits per heavy atom. The van der Waals surface area contributed by atoms with Crippen LogP contribution in [-0.4, -0.2) is 127 Å². The summed E-state index contributed by atoms with van der Waals surface area (Å²) in [6, 6.07) is -2.81. The van der Waals surface area contributed by atoms with E-state index in [1.54, 1.807) is 0 Å². The molecule has 15 heteroatoms. The van der Waals surface area contributed by atoms with Gasteiger partial charge in [0.1, 0.15) is 55.2 Å². The van der Waals surface area contributed by atoms with Gasteiger partial charge in [0.05, 0.1) is 6.61 Å². The van der Waals surface area contributed by atoms with Crippen molar-refractivity contribution >= 4 is 30.4 Å². The van der Waals surface area contributed by atoms with Crippen LogP contribution in [0.1, 0.15) is 13.8 Å². The SMILES string of the molecule is CC(=O)NC(C=O)C(O)C(O)C(O)C(=O)O.CC(=O)NC(C=O)C(O)C(O)C(O)CO. The molecule has 0 aromatic carbocycles. The molecule has 0 fully saturated rings. The zero-order valence-corrected chi connectivity index (χ0v) is 16.6. The third-order valence-electron chi connectivity index (χ3n) is 3.63. The second kappa shape index (κ2) is 15.3. The van der Waals surface area contributed by atoms with Gasteiger partial charge in [-0.1, -0.05) is 0 Å². The second-order valence-electron chi connectivity index (χ2n) is 6.22. The Hall–Kier alpha value is -2.53. The van der Waals surface area contributed by atoms with Crippen LogP contribution in [0.5, 0.6) is 0 Å². The molecule has 2 amide bonds. The molecule has 180 valence electrons. The van der Waals surface area contributed by atoms with Crippen LogP contribution in [0.15, 0.2) is 0 Å². The van der Waals surface area contributed by atoms with Crippen LogP contribution < -0.4 is 10.6 Å². The van der Waals surface area contributed by atoms with Gasteiger partial charge in [-0.25, -0.2) is 4.79 Å². The van der Waals surface area contributed by atoms with Gasteiger partial charge in [0, 0.05) is 13.8 Å². The van der Waals surface area contributed by atoms with E-state index in [2.05, 4.69) is 5.32 Å². The van der Waals surface area contributed by atoms with Gasteiger partial charge in [-0.05, 0) is 0 Å². The third-order valence-corrected chi connectivity index (χ3v) is 3.63. The van der Waals surface area contributed by atoms with E-state index in [-0.39, 0.29) is 12.6 Å². The third kappa shape index (κ3) is 11.4. The molecule has 10 N–H and O–H groups in total. The number of carboxylic acid groups (broad SMARTS) is 1. The van der Waals surface area contributed by atoms with Crippen LogP contribution >= 0.6 is 0 Å². The highest BCUT2D eigenvalue weighted by atomic mass is 16.4. The van der Waals surface area contributed by atoms with E-state index in [0.29, 0.717) is 0 Å². The summed E-state index contributed by atoms with van der Waals surface area (Å²) < 4.78 is 0. The summed E-state index contributed by atoms with van der Waals surface area (Å²) in [5, 5.41) is 75.9. The Bertz CT molecular complexity index is 602. The first-order valence-corrected chi connectivity index (χ1v) is 8.61. The van der Waals surface area contributed by atoms with Crippen LogP contribution in [0.2, 0.25) is 0 Å². The maximum Gasteiger partial charge on any atom is 0.335 e. The number of aliphatic hydroxyl groups is 7. The van der Waals surface area contributed by atoms with Gasteiger partial charge < -0.3 is 61.1 Å². The number of aldehydes is 2. The zero-order valence-electron chi connectivity index (χ0n) is 16.6. The summed E-state index contributed by atoms with van der Waals surface area (Å²) in [7, 11) is 0. The van der Waals surface area contributed by atoms with Crippen molar-refractivity contribution < 1.29 is 64.8 Å². The van der Waals surface area contributed by atoms with E-state index in [4.69, 9.17) is 20.4 Å². The summed E-state index contributed by atoms with van der Waals surface area (Å²) in [5.41, 5.74) is 0. The fourth-order valence-electron chi connectivity index (χ4n) is 1.96. The highest BCUT2D eigenvalue weighted by Crippen LogP contribution is 2.05. The number of carbonyl (C=O) groups is 5. The van der Waals surface area contributed by atoms with Gasteiger partial charge in [0.15, 0.2) is 6.10 Å². The first-order valence-electron chi connectivity index (χ1n) is 8.61. The van der Waals surface area contributed by atoms with Crippen molar-refractivity contribution in [1.29, 1.82) is 0 Å². The summed E-state index contributed by atoms with van der Waals surface area (Å²) in [6.45, 7) is 1.45. The number of hydrogen-bond acceptors (Lipinski definition) is 12. The molecule has 0 aliphatic carbocycles.